The number of aliphatic hydroxyl groups excluding tert-OH is 2. The van der Waals surface area contributed by atoms with E-state index in [0.717, 1.165) is 6.42 Å². The second kappa shape index (κ2) is 6.07. The second-order valence-corrected chi connectivity index (χ2v) is 4.09. The molecule has 2 nitrogen and oxygen atoms in total. The molecule has 60 valence electrons. The lowest BCUT2D eigenvalue weighted by atomic mass is 10.0. The van der Waals surface area contributed by atoms with Gasteiger partial charge in [0.2, 0.25) is 0 Å². The number of hydrogen-bond acceptors (Lipinski definition) is 3. The van der Waals surface area contributed by atoms with Crippen LogP contribution in [-0.2, 0) is 0 Å². The van der Waals surface area contributed by atoms with Crippen molar-refractivity contribution in [2.75, 3.05) is 13.2 Å². The minimum Gasteiger partial charge on any atom is -0.395 e. The van der Waals surface area contributed by atoms with Crippen LogP contribution in [0.4, 0.5) is 0 Å². The van der Waals surface area contributed by atoms with Crippen molar-refractivity contribution in [1.29, 1.82) is 0 Å². The van der Waals surface area contributed by atoms with Crippen LogP contribution in [0.5, 0.6) is 0 Å². The minimum atomic E-state index is 0.00921. The summed E-state index contributed by atoms with van der Waals surface area (Å²) in [4.78, 5) is 0. The van der Waals surface area contributed by atoms with Crippen LogP contribution in [0.3, 0.4) is 0 Å². The van der Waals surface area contributed by atoms with E-state index in [2.05, 4.69) is 14.8 Å². The van der Waals surface area contributed by atoms with E-state index in [1.807, 2.05) is 0 Å². The standard InChI is InChI=1S/C6H15BO2S/c1-2-6(7)10-5(3-8)4-9/h5-6,8-9H,2-4,7H2,1H3/t6-/m1/s1. The molecule has 0 saturated carbocycles. The van der Waals surface area contributed by atoms with E-state index in [1.165, 1.54) is 0 Å². The SMILES string of the molecule is B[C@@H](CC)SC(CO)CO. The van der Waals surface area contributed by atoms with Gasteiger partial charge in [-0.05, 0) is 5.15 Å². The maximum Gasteiger partial charge on any atom is 0.118 e. The summed E-state index contributed by atoms with van der Waals surface area (Å²) in [5, 5.41) is 17.9. The molecule has 0 aliphatic heterocycles. The van der Waals surface area contributed by atoms with Gasteiger partial charge in [-0.3, -0.25) is 0 Å². The third kappa shape index (κ3) is 4.20. The highest BCUT2D eigenvalue weighted by atomic mass is 32.2. The number of thioether (sulfide) groups is 1. The molecule has 0 aromatic heterocycles. The van der Waals surface area contributed by atoms with Gasteiger partial charge in [0.05, 0.1) is 18.5 Å². The molecule has 10 heavy (non-hydrogen) atoms. The van der Waals surface area contributed by atoms with Gasteiger partial charge in [-0.2, -0.15) is 11.8 Å². The quantitative estimate of drug-likeness (QED) is 0.532. The zero-order valence-electron chi connectivity index (χ0n) is 6.58. The van der Waals surface area contributed by atoms with Gasteiger partial charge in [0.1, 0.15) is 7.85 Å². The second-order valence-electron chi connectivity index (χ2n) is 2.34. The van der Waals surface area contributed by atoms with Crippen LogP contribution in [0.15, 0.2) is 0 Å². The average molecular weight is 162 g/mol. The van der Waals surface area contributed by atoms with Crippen molar-refractivity contribution in [3.63, 3.8) is 0 Å². The first-order valence-electron chi connectivity index (χ1n) is 3.61. The predicted octanol–water partition coefficient (Wildman–Crippen LogP) is -0.558. The molecule has 0 fully saturated rings. The van der Waals surface area contributed by atoms with Gasteiger partial charge >= 0.3 is 0 Å². The first-order valence-corrected chi connectivity index (χ1v) is 4.56. The lowest BCUT2D eigenvalue weighted by molar-refractivity contribution is 0.228. The Balaban J connectivity index is 3.41. The summed E-state index contributed by atoms with van der Waals surface area (Å²) in [5.74, 6) is 0. The molecule has 0 bridgehead atoms. The molecule has 1 atom stereocenters. The molecule has 0 saturated heterocycles. The van der Waals surface area contributed by atoms with E-state index in [4.69, 9.17) is 10.2 Å². The van der Waals surface area contributed by atoms with Crippen LogP contribution in [0.2, 0.25) is 0 Å². The van der Waals surface area contributed by atoms with Crippen LogP contribution < -0.4 is 0 Å². The Hall–Kier alpha value is 0.335. The van der Waals surface area contributed by atoms with Gasteiger partial charge in [-0.25, -0.2) is 0 Å². The fraction of sp³-hybridized carbons (Fsp3) is 1.00. The Kier molecular flexibility index (Phi) is 6.27. The molecular formula is C6H15BO2S. The smallest absolute Gasteiger partial charge is 0.118 e. The molecule has 0 unspecified atom stereocenters. The van der Waals surface area contributed by atoms with Crippen molar-refractivity contribution < 1.29 is 10.2 Å². The lowest BCUT2D eigenvalue weighted by Crippen LogP contribution is -2.18. The maximum atomic E-state index is 8.69. The number of aliphatic hydroxyl groups is 2. The van der Waals surface area contributed by atoms with E-state index in [9.17, 15) is 0 Å². The number of hydrogen-bond donors (Lipinski definition) is 2. The third-order valence-corrected chi connectivity index (χ3v) is 2.89. The summed E-state index contributed by atoms with van der Waals surface area (Å²) < 4.78 is 0. The molecule has 0 radical (unpaired) electrons. The van der Waals surface area contributed by atoms with Crippen LogP contribution >= 0.6 is 11.8 Å². The Labute approximate surface area is 67.4 Å². The van der Waals surface area contributed by atoms with Crippen LogP contribution in [0, 0.1) is 0 Å². The van der Waals surface area contributed by atoms with Crippen LogP contribution in [-0.4, -0.2) is 41.7 Å². The van der Waals surface area contributed by atoms with Crippen molar-refractivity contribution in [1.82, 2.24) is 0 Å². The summed E-state index contributed by atoms with van der Waals surface area (Å²) in [6.07, 6.45) is 1.08. The molecule has 0 amide bonds. The monoisotopic (exact) mass is 162 g/mol. The third-order valence-electron chi connectivity index (χ3n) is 1.41. The topological polar surface area (TPSA) is 40.5 Å². The highest BCUT2D eigenvalue weighted by Crippen LogP contribution is 2.16. The fourth-order valence-corrected chi connectivity index (χ4v) is 1.59. The average Bonchev–Trinajstić information content (AvgIpc) is 1.99. The zero-order valence-corrected chi connectivity index (χ0v) is 7.40. The molecule has 0 spiro atoms. The maximum absolute atomic E-state index is 8.69. The molecule has 0 aromatic rings. The first-order chi connectivity index (χ1) is 4.74. The molecule has 0 aliphatic rings. The molecule has 4 heteroatoms. The highest BCUT2D eigenvalue weighted by molar-refractivity contribution is 8.01. The van der Waals surface area contributed by atoms with Gasteiger partial charge in [-0.15, -0.1) is 0 Å². The van der Waals surface area contributed by atoms with E-state index < -0.39 is 0 Å². The Bertz CT molecular complexity index is 78.1. The minimum absolute atomic E-state index is 0.00921. The molecule has 0 aliphatic carbocycles. The van der Waals surface area contributed by atoms with E-state index >= 15 is 0 Å². The summed E-state index contributed by atoms with van der Waals surface area (Å²) >= 11 is 1.64. The van der Waals surface area contributed by atoms with Gasteiger partial charge in [0.15, 0.2) is 0 Å². The Morgan fingerprint density at radius 2 is 1.90 bits per heavy atom. The van der Waals surface area contributed by atoms with Gasteiger partial charge in [0.25, 0.3) is 0 Å². The molecular weight excluding hydrogens is 147 g/mol. The van der Waals surface area contributed by atoms with Gasteiger partial charge in [0, 0.05) is 0 Å². The van der Waals surface area contributed by atoms with E-state index in [1.54, 1.807) is 11.8 Å². The Morgan fingerprint density at radius 1 is 1.40 bits per heavy atom. The largest absolute Gasteiger partial charge is 0.395 e. The first kappa shape index (κ1) is 10.3. The van der Waals surface area contributed by atoms with Gasteiger partial charge < -0.3 is 10.2 Å². The van der Waals surface area contributed by atoms with Crippen LogP contribution in [0.25, 0.3) is 0 Å². The predicted molar refractivity (Wildman–Crippen MR) is 48.2 cm³/mol. The summed E-state index contributed by atoms with van der Waals surface area (Å²) in [6, 6.07) is 0. The molecule has 0 rings (SSSR count). The van der Waals surface area contributed by atoms with Crippen molar-refractivity contribution in [3.8, 4) is 0 Å². The Morgan fingerprint density at radius 3 is 2.20 bits per heavy atom. The zero-order chi connectivity index (χ0) is 7.98. The lowest BCUT2D eigenvalue weighted by Gasteiger charge is -2.14. The van der Waals surface area contributed by atoms with Gasteiger partial charge in [-0.1, -0.05) is 13.3 Å². The summed E-state index contributed by atoms with van der Waals surface area (Å²) in [6.45, 7) is 2.25. The van der Waals surface area contributed by atoms with Crippen molar-refractivity contribution in [2.24, 2.45) is 0 Å². The number of rotatable bonds is 5. The molecule has 0 heterocycles. The molecule has 0 aromatic carbocycles. The normalized spacial score (nSPS) is 14.0. The van der Waals surface area contributed by atoms with E-state index in [-0.39, 0.29) is 18.5 Å². The summed E-state index contributed by atoms with van der Waals surface area (Å²) in [5.41, 5.74) is 0. The van der Waals surface area contributed by atoms with E-state index in [0.29, 0.717) is 5.15 Å². The highest BCUT2D eigenvalue weighted by Gasteiger charge is 2.09. The fourth-order valence-electron chi connectivity index (χ4n) is 0.569. The van der Waals surface area contributed by atoms with Crippen LogP contribution in [0.1, 0.15) is 13.3 Å². The summed E-state index contributed by atoms with van der Waals surface area (Å²) in [7, 11) is 2.10. The van der Waals surface area contributed by atoms with Crippen molar-refractivity contribution in [3.05, 3.63) is 0 Å². The van der Waals surface area contributed by atoms with Crippen molar-refractivity contribution >= 4 is 19.6 Å². The van der Waals surface area contributed by atoms with Crippen molar-refractivity contribution in [2.45, 2.75) is 23.7 Å². The molecule has 2 N–H and O–H groups in total.